The van der Waals surface area contributed by atoms with E-state index in [9.17, 15) is 23.2 Å². The lowest BCUT2D eigenvalue weighted by Crippen LogP contribution is -2.49. The summed E-state index contributed by atoms with van der Waals surface area (Å²) < 4.78 is 32.6. The van der Waals surface area contributed by atoms with Crippen LogP contribution in [0.4, 0.5) is 8.78 Å². The van der Waals surface area contributed by atoms with E-state index in [1.165, 1.54) is 16.2 Å². The van der Waals surface area contributed by atoms with Crippen molar-refractivity contribution < 1.29 is 27.9 Å². The Hall–Kier alpha value is -3.94. The highest BCUT2D eigenvalue weighted by atomic mass is 32.1. The number of alkyl halides is 2. The molecule has 5 rings (SSSR count). The molecule has 0 saturated carbocycles. The van der Waals surface area contributed by atoms with Crippen LogP contribution in [0.5, 0.6) is 0 Å². The lowest BCUT2D eigenvalue weighted by Gasteiger charge is -2.25. The number of nitrogens with one attached hydrogen (secondary N) is 3. The third-order valence-corrected chi connectivity index (χ3v) is 9.19. The summed E-state index contributed by atoms with van der Waals surface area (Å²) in [4.78, 5) is 41.1. The second kappa shape index (κ2) is 11.9. The molecule has 1 aliphatic heterocycles. The molecule has 0 aliphatic carbocycles. The van der Waals surface area contributed by atoms with Crippen LogP contribution < -0.4 is 16.4 Å². The zero-order chi connectivity index (χ0) is 29.3. The monoisotopic (exact) mass is 599 g/mol. The van der Waals surface area contributed by atoms with E-state index in [0.717, 1.165) is 25.0 Å². The Kier molecular flexibility index (Phi) is 8.29. The molecule has 1 saturated heterocycles. The molecule has 2 aromatic carbocycles. The van der Waals surface area contributed by atoms with E-state index in [1.54, 1.807) is 41.8 Å². The molecule has 0 unspecified atom stereocenters. The van der Waals surface area contributed by atoms with Crippen molar-refractivity contribution in [2.45, 2.75) is 38.1 Å². The van der Waals surface area contributed by atoms with Crippen molar-refractivity contribution in [3.8, 4) is 0 Å². The average molecular weight is 600 g/mol. The first-order valence-electron chi connectivity index (χ1n) is 12.8. The molecule has 1 aliphatic rings. The zero-order valence-electron chi connectivity index (χ0n) is 21.9. The normalized spacial score (nSPS) is 17.7. The molecule has 41 heavy (non-hydrogen) atoms. The largest absolute Gasteiger partial charge is 0.384 e. The van der Waals surface area contributed by atoms with Gasteiger partial charge in [0.15, 0.2) is 0 Å². The molecule has 214 valence electrons. The van der Waals surface area contributed by atoms with Crippen LogP contribution in [0, 0.1) is 5.41 Å². The molecular formula is C28H27F2N5O4S2. The third kappa shape index (κ3) is 6.21. The van der Waals surface area contributed by atoms with Crippen LogP contribution in [0.15, 0.2) is 53.9 Å². The highest BCUT2D eigenvalue weighted by Gasteiger charge is 2.41. The van der Waals surface area contributed by atoms with Gasteiger partial charge in [-0.3, -0.25) is 19.8 Å². The van der Waals surface area contributed by atoms with Gasteiger partial charge in [0.25, 0.3) is 5.91 Å². The van der Waals surface area contributed by atoms with E-state index in [-0.39, 0.29) is 18.8 Å². The van der Waals surface area contributed by atoms with Crippen LogP contribution in [0.1, 0.15) is 40.2 Å². The maximum Gasteiger partial charge on any atom is 0.345 e. The van der Waals surface area contributed by atoms with Crippen molar-refractivity contribution >= 4 is 66.4 Å². The topological polar surface area (TPSA) is 138 Å². The first kappa shape index (κ1) is 28.6. The fourth-order valence-electron chi connectivity index (χ4n) is 4.89. The Bertz CT molecular complexity index is 1640. The van der Waals surface area contributed by atoms with E-state index >= 15 is 0 Å². The fourth-order valence-corrected chi connectivity index (χ4v) is 6.96. The number of nitrogen functional groups attached to an aromatic ring is 1. The van der Waals surface area contributed by atoms with Crippen molar-refractivity contribution in [3.05, 3.63) is 69.9 Å². The molecule has 13 heteroatoms. The minimum absolute atomic E-state index is 0.101. The number of fused-ring (bicyclic) bond motifs is 3. The second-order valence-electron chi connectivity index (χ2n) is 9.69. The number of nitrogens with zero attached hydrogens (tertiary/aromatic N) is 1. The van der Waals surface area contributed by atoms with Crippen LogP contribution in [0.2, 0.25) is 0 Å². The Morgan fingerprint density at radius 1 is 1.12 bits per heavy atom. The molecule has 5 N–H and O–H groups in total. The van der Waals surface area contributed by atoms with Gasteiger partial charge in [-0.05, 0) is 31.2 Å². The Morgan fingerprint density at radius 3 is 2.61 bits per heavy atom. The van der Waals surface area contributed by atoms with Gasteiger partial charge in [0, 0.05) is 54.5 Å². The zero-order valence-corrected chi connectivity index (χ0v) is 23.5. The summed E-state index contributed by atoms with van der Waals surface area (Å²) in [6.07, 6.45) is -1.16. The van der Waals surface area contributed by atoms with Crippen LogP contribution >= 0.6 is 22.7 Å². The molecule has 1 fully saturated rings. The van der Waals surface area contributed by atoms with Gasteiger partial charge in [0.1, 0.15) is 11.9 Å². The number of rotatable bonds is 9. The van der Waals surface area contributed by atoms with E-state index in [1.807, 2.05) is 30.3 Å². The molecule has 3 atom stereocenters. The number of halogens is 2. The number of thiophene rings is 2. The molecular weight excluding hydrogens is 572 g/mol. The first-order valence-corrected chi connectivity index (χ1v) is 14.5. The number of amides is 3. The summed E-state index contributed by atoms with van der Waals surface area (Å²) in [5.74, 6) is -1.70. The summed E-state index contributed by atoms with van der Waals surface area (Å²) in [7, 11) is 0. The highest BCUT2D eigenvalue weighted by Crippen LogP contribution is 2.34. The maximum absolute atomic E-state index is 13.2. The van der Waals surface area contributed by atoms with Crippen LogP contribution in [0.3, 0.4) is 0 Å². The number of amidine groups is 1. The summed E-state index contributed by atoms with van der Waals surface area (Å²) >= 11 is 2.87. The van der Waals surface area contributed by atoms with Gasteiger partial charge < -0.3 is 26.0 Å². The van der Waals surface area contributed by atoms with Crippen LogP contribution in [0.25, 0.3) is 20.2 Å². The molecule has 0 spiro atoms. The van der Waals surface area contributed by atoms with Gasteiger partial charge in [-0.2, -0.15) is 8.78 Å². The van der Waals surface area contributed by atoms with Gasteiger partial charge in [-0.15, -0.1) is 22.7 Å². The summed E-state index contributed by atoms with van der Waals surface area (Å²) in [6, 6.07) is 13.4. The molecule has 3 heterocycles. The highest BCUT2D eigenvalue weighted by molar-refractivity contribution is 7.25. The Balaban J connectivity index is 1.25. The number of benzene rings is 2. The number of ether oxygens (including phenoxy) is 1. The van der Waals surface area contributed by atoms with Crippen LogP contribution in [-0.2, 0) is 14.3 Å². The van der Waals surface area contributed by atoms with E-state index in [0.29, 0.717) is 11.1 Å². The number of nitrogens with two attached hydrogens (primary N) is 1. The number of hydrogen-bond donors (Lipinski definition) is 4. The van der Waals surface area contributed by atoms with Gasteiger partial charge in [0.2, 0.25) is 11.8 Å². The lowest BCUT2D eigenvalue weighted by molar-refractivity contribution is -0.160. The number of likely N-dealkylation sites (tertiary alicyclic amines) is 1. The van der Waals surface area contributed by atoms with Gasteiger partial charge >= 0.3 is 6.61 Å². The maximum atomic E-state index is 13.2. The minimum atomic E-state index is -3.06. The van der Waals surface area contributed by atoms with Crippen molar-refractivity contribution in [3.63, 3.8) is 0 Å². The first-order chi connectivity index (χ1) is 19.6. The summed E-state index contributed by atoms with van der Waals surface area (Å²) in [5.41, 5.74) is 6.42. The number of carbonyl (C=O) groups excluding carboxylic acids is 3. The SMILES string of the molecule is C[C@@H](NC(=O)[C@@H]1C[C@@H](OC(F)F)CN1C(=O)CNC(=O)c1ccc2c(c1)sc1ccccc12)c1cc(C(=N)N)cs1. The van der Waals surface area contributed by atoms with Crippen molar-refractivity contribution in [2.24, 2.45) is 5.73 Å². The molecule has 3 amide bonds. The van der Waals surface area contributed by atoms with Crippen molar-refractivity contribution in [1.29, 1.82) is 5.41 Å². The van der Waals surface area contributed by atoms with Gasteiger partial charge in [-0.1, -0.05) is 24.3 Å². The average Bonchev–Trinajstić information content (AvgIpc) is 3.68. The van der Waals surface area contributed by atoms with Gasteiger partial charge in [0.05, 0.1) is 18.7 Å². The minimum Gasteiger partial charge on any atom is -0.384 e. The van der Waals surface area contributed by atoms with E-state index in [2.05, 4.69) is 15.4 Å². The molecule has 0 bridgehead atoms. The Labute approximate surface area is 241 Å². The number of hydrogen-bond acceptors (Lipinski definition) is 7. The van der Waals surface area contributed by atoms with E-state index in [4.69, 9.17) is 11.1 Å². The Morgan fingerprint density at radius 2 is 1.88 bits per heavy atom. The smallest absolute Gasteiger partial charge is 0.345 e. The van der Waals surface area contributed by atoms with Crippen molar-refractivity contribution in [1.82, 2.24) is 15.5 Å². The second-order valence-corrected chi connectivity index (χ2v) is 11.7. The van der Waals surface area contributed by atoms with Crippen molar-refractivity contribution in [2.75, 3.05) is 13.1 Å². The van der Waals surface area contributed by atoms with E-state index < -0.39 is 49.1 Å². The molecule has 9 nitrogen and oxygen atoms in total. The lowest BCUT2D eigenvalue weighted by atomic mass is 10.1. The molecule has 0 radical (unpaired) electrons. The molecule has 4 aromatic rings. The van der Waals surface area contributed by atoms with Gasteiger partial charge in [-0.25, -0.2) is 0 Å². The predicted molar refractivity (Wildman–Crippen MR) is 155 cm³/mol. The number of carbonyl (C=O) groups is 3. The standard InChI is InChI=1S/C28H27F2N5O4S2/c1-14(22-9-16(13-40-22)25(31)32)34-27(38)20-10-17(39-28(29)30)12-35(20)24(36)11-33-26(37)15-6-7-19-18-4-2-3-5-21(18)41-23(19)8-15/h2-9,13-14,17,20,28H,10-12H2,1H3,(H3,31,32)(H,33,37)(H,34,38)/t14-,17-,20+/m1/s1. The summed E-state index contributed by atoms with van der Waals surface area (Å²) in [5, 5.41) is 16.8. The molecule has 2 aromatic heterocycles. The van der Waals surface area contributed by atoms with Crippen LogP contribution in [-0.4, -0.2) is 60.3 Å². The summed E-state index contributed by atoms with van der Waals surface area (Å²) in [6.45, 7) is -1.96. The third-order valence-electron chi connectivity index (χ3n) is 6.94. The predicted octanol–water partition coefficient (Wildman–Crippen LogP) is 4.22. The fraction of sp³-hybridized carbons (Fsp3) is 0.286. The quantitative estimate of drug-likeness (QED) is 0.169.